The number of carbonyl (C=O) groups is 2. The molecule has 21 heavy (non-hydrogen) atoms. The van der Waals surface area contributed by atoms with Gasteiger partial charge in [0.05, 0.1) is 0 Å². The summed E-state index contributed by atoms with van der Waals surface area (Å²) in [6.45, 7) is 6.64. The number of rotatable bonds is 6. The number of hydrogen-bond acceptors (Lipinski definition) is 3. The monoisotopic (exact) mass is 308 g/mol. The smallest absolute Gasteiger partial charge is 0.246 e. The van der Waals surface area contributed by atoms with Crippen molar-refractivity contribution in [1.82, 2.24) is 10.2 Å². The number of thiophene rings is 1. The Morgan fingerprint density at radius 3 is 2.71 bits per heavy atom. The van der Waals surface area contributed by atoms with Crippen molar-refractivity contribution >= 4 is 23.2 Å². The molecule has 1 aliphatic rings. The van der Waals surface area contributed by atoms with Crippen LogP contribution in [0.3, 0.4) is 0 Å². The Kier molecular flexibility index (Phi) is 5.39. The molecular weight excluding hydrogens is 284 g/mol. The van der Waals surface area contributed by atoms with Gasteiger partial charge in [-0.25, -0.2) is 0 Å². The minimum atomic E-state index is -0.380. The Hall–Kier alpha value is -1.36. The van der Waals surface area contributed by atoms with Gasteiger partial charge in [-0.05, 0) is 34.7 Å². The molecule has 0 aliphatic carbocycles. The van der Waals surface area contributed by atoms with Crippen molar-refractivity contribution in [2.45, 2.75) is 58.7 Å². The number of nitrogens with zero attached hydrogens (tertiary/aromatic N) is 1. The molecule has 1 N–H and O–H groups in total. The predicted octanol–water partition coefficient (Wildman–Crippen LogP) is 2.79. The molecule has 0 spiro atoms. The zero-order valence-electron chi connectivity index (χ0n) is 13.0. The molecule has 0 radical (unpaired) electrons. The second-order valence-electron chi connectivity index (χ2n) is 5.77. The van der Waals surface area contributed by atoms with E-state index < -0.39 is 0 Å². The van der Waals surface area contributed by atoms with Gasteiger partial charge < -0.3 is 10.2 Å². The van der Waals surface area contributed by atoms with Gasteiger partial charge in [0.25, 0.3) is 0 Å². The first-order valence-electron chi connectivity index (χ1n) is 7.70. The quantitative estimate of drug-likeness (QED) is 0.878. The van der Waals surface area contributed by atoms with Gasteiger partial charge in [0.1, 0.15) is 12.1 Å². The van der Waals surface area contributed by atoms with E-state index in [2.05, 4.69) is 5.32 Å². The van der Waals surface area contributed by atoms with Crippen LogP contribution in [0.15, 0.2) is 16.8 Å². The lowest BCUT2D eigenvalue weighted by molar-refractivity contribution is -0.151. The first-order chi connectivity index (χ1) is 10.1. The third-order valence-corrected chi connectivity index (χ3v) is 4.97. The lowest BCUT2D eigenvalue weighted by Crippen LogP contribution is -2.64. The standard InChI is InChI=1S/C16H24N2O2S/c1-4-6-13-15(19)17-14(11(3)5-2)16(20)18(13)9-12-7-8-21-10-12/h7-8,10-11,13-14H,4-6,9H2,1-3H3,(H,17,19). The van der Waals surface area contributed by atoms with Crippen LogP contribution in [0.2, 0.25) is 0 Å². The van der Waals surface area contributed by atoms with E-state index in [1.165, 1.54) is 0 Å². The molecule has 1 saturated heterocycles. The molecule has 3 atom stereocenters. The van der Waals surface area contributed by atoms with Crippen molar-refractivity contribution in [3.63, 3.8) is 0 Å². The van der Waals surface area contributed by atoms with Crippen molar-refractivity contribution in [3.8, 4) is 0 Å². The fraction of sp³-hybridized carbons (Fsp3) is 0.625. The van der Waals surface area contributed by atoms with Crippen LogP contribution in [0.25, 0.3) is 0 Å². The zero-order chi connectivity index (χ0) is 15.4. The summed E-state index contributed by atoms with van der Waals surface area (Å²) in [6, 6.07) is 1.31. The first-order valence-corrected chi connectivity index (χ1v) is 8.64. The summed E-state index contributed by atoms with van der Waals surface area (Å²) in [5, 5.41) is 6.98. The second-order valence-corrected chi connectivity index (χ2v) is 6.55. The molecule has 116 valence electrons. The topological polar surface area (TPSA) is 49.4 Å². The molecule has 1 aliphatic heterocycles. The van der Waals surface area contributed by atoms with Crippen LogP contribution in [0.4, 0.5) is 0 Å². The Balaban J connectivity index is 2.23. The number of amides is 2. The van der Waals surface area contributed by atoms with Crippen LogP contribution in [0.5, 0.6) is 0 Å². The summed E-state index contributed by atoms with van der Waals surface area (Å²) in [5.41, 5.74) is 1.10. The Bertz CT molecular complexity index is 486. The Morgan fingerprint density at radius 1 is 1.38 bits per heavy atom. The first kappa shape index (κ1) is 16.0. The fourth-order valence-electron chi connectivity index (χ4n) is 2.73. The van der Waals surface area contributed by atoms with Crippen LogP contribution in [0, 0.1) is 5.92 Å². The Labute approximate surface area is 130 Å². The van der Waals surface area contributed by atoms with E-state index >= 15 is 0 Å². The molecule has 0 saturated carbocycles. The van der Waals surface area contributed by atoms with Crippen molar-refractivity contribution < 1.29 is 9.59 Å². The van der Waals surface area contributed by atoms with Gasteiger partial charge in [0, 0.05) is 6.54 Å². The molecule has 4 nitrogen and oxygen atoms in total. The van der Waals surface area contributed by atoms with E-state index in [-0.39, 0.29) is 29.8 Å². The normalized spacial score (nSPS) is 24.0. The summed E-state index contributed by atoms with van der Waals surface area (Å²) >= 11 is 1.62. The molecule has 0 aromatic carbocycles. The molecule has 2 heterocycles. The minimum Gasteiger partial charge on any atom is -0.342 e. The summed E-state index contributed by atoms with van der Waals surface area (Å²) in [7, 11) is 0. The van der Waals surface area contributed by atoms with Gasteiger partial charge in [-0.3, -0.25) is 9.59 Å². The van der Waals surface area contributed by atoms with Gasteiger partial charge in [-0.2, -0.15) is 11.3 Å². The molecule has 1 aromatic heterocycles. The van der Waals surface area contributed by atoms with Gasteiger partial charge in [0.2, 0.25) is 11.8 Å². The number of piperazine rings is 1. The third kappa shape index (κ3) is 3.46. The second kappa shape index (κ2) is 7.07. The number of carbonyl (C=O) groups excluding carboxylic acids is 2. The highest BCUT2D eigenvalue weighted by Gasteiger charge is 2.41. The van der Waals surface area contributed by atoms with Gasteiger partial charge >= 0.3 is 0 Å². The average molecular weight is 308 g/mol. The third-order valence-electron chi connectivity index (χ3n) is 4.23. The highest BCUT2D eigenvalue weighted by Crippen LogP contribution is 2.23. The molecular formula is C16H24N2O2S. The van der Waals surface area contributed by atoms with E-state index in [9.17, 15) is 9.59 Å². The highest BCUT2D eigenvalue weighted by molar-refractivity contribution is 7.07. The summed E-state index contributed by atoms with van der Waals surface area (Å²) < 4.78 is 0. The SMILES string of the molecule is CCCC1C(=O)NC(C(C)CC)C(=O)N1Cc1ccsc1. The maximum atomic E-state index is 12.8. The van der Waals surface area contributed by atoms with Crippen LogP contribution in [0.1, 0.15) is 45.6 Å². The van der Waals surface area contributed by atoms with Crippen molar-refractivity contribution in [1.29, 1.82) is 0 Å². The lowest BCUT2D eigenvalue weighted by atomic mass is 9.93. The molecule has 5 heteroatoms. The largest absolute Gasteiger partial charge is 0.342 e. The molecule has 1 fully saturated rings. The summed E-state index contributed by atoms with van der Waals surface area (Å²) in [4.78, 5) is 27.0. The van der Waals surface area contributed by atoms with E-state index in [4.69, 9.17) is 0 Å². The highest BCUT2D eigenvalue weighted by atomic mass is 32.1. The summed E-state index contributed by atoms with van der Waals surface area (Å²) in [5.74, 6) is 0.222. The average Bonchev–Trinajstić information content (AvgIpc) is 2.98. The minimum absolute atomic E-state index is 0.00280. The molecule has 1 aromatic rings. The Morgan fingerprint density at radius 2 is 2.14 bits per heavy atom. The number of nitrogens with one attached hydrogen (secondary N) is 1. The molecule has 3 unspecified atom stereocenters. The molecule has 2 amide bonds. The van der Waals surface area contributed by atoms with Crippen LogP contribution < -0.4 is 5.32 Å². The van der Waals surface area contributed by atoms with Gasteiger partial charge in [-0.15, -0.1) is 0 Å². The molecule has 2 rings (SSSR count). The van der Waals surface area contributed by atoms with E-state index in [1.54, 1.807) is 16.2 Å². The van der Waals surface area contributed by atoms with Crippen LogP contribution in [-0.2, 0) is 16.1 Å². The van der Waals surface area contributed by atoms with Crippen LogP contribution >= 0.6 is 11.3 Å². The van der Waals surface area contributed by atoms with Crippen LogP contribution in [-0.4, -0.2) is 28.8 Å². The van der Waals surface area contributed by atoms with Gasteiger partial charge in [-0.1, -0.05) is 33.6 Å². The molecule has 0 bridgehead atoms. The number of hydrogen-bond donors (Lipinski definition) is 1. The lowest BCUT2D eigenvalue weighted by Gasteiger charge is -2.40. The maximum absolute atomic E-state index is 12.8. The van der Waals surface area contributed by atoms with Crippen molar-refractivity contribution in [2.24, 2.45) is 5.92 Å². The van der Waals surface area contributed by atoms with Gasteiger partial charge in [0.15, 0.2) is 0 Å². The van der Waals surface area contributed by atoms with E-state index in [0.29, 0.717) is 6.54 Å². The van der Waals surface area contributed by atoms with Crippen molar-refractivity contribution in [2.75, 3.05) is 0 Å². The predicted molar refractivity (Wildman–Crippen MR) is 85.0 cm³/mol. The fourth-order valence-corrected chi connectivity index (χ4v) is 3.39. The van der Waals surface area contributed by atoms with E-state index in [1.807, 2.05) is 37.6 Å². The summed E-state index contributed by atoms with van der Waals surface area (Å²) in [6.07, 6.45) is 2.48. The van der Waals surface area contributed by atoms with Crippen molar-refractivity contribution in [3.05, 3.63) is 22.4 Å². The maximum Gasteiger partial charge on any atom is 0.246 e. The van der Waals surface area contributed by atoms with E-state index in [0.717, 1.165) is 24.8 Å². The zero-order valence-corrected chi connectivity index (χ0v) is 13.8.